The van der Waals surface area contributed by atoms with E-state index in [1.54, 1.807) is 7.11 Å². The number of carbonyl (C=O) groups excluding carboxylic acids is 1. The summed E-state index contributed by atoms with van der Waals surface area (Å²) in [5, 5.41) is 0. The maximum atomic E-state index is 12.4. The van der Waals surface area contributed by atoms with Gasteiger partial charge in [0.1, 0.15) is 5.75 Å². The van der Waals surface area contributed by atoms with Crippen LogP contribution >= 0.6 is 0 Å². The van der Waals surface area contributed by atoms with Crippen molar-refractivity contribution in [3.8, 4) is 5.75 Å². The van der Waals surface area contributed by atoms with E-state index < -0.39 is 5.41 Å². The molecule has 2 aliphatic rings. The number of benzene rings is 1. The predicted molar refractivity (Wildman–Crippen MR) is 86.8 cm³/mol. The molecule has 118 valence electrons. The molecule has 1 aromatic rings. The van der Waals surface area contributed by atoms with Crippen LogP contribution in [-0.4, -0.2) is 20.2 Å². The second kappa shape index (κ2) is 5.15. The molecular formula is C19H24O3. The van der Waals surface area contributed by atoms with Gasteiger partial charge in [0.15, 0.2) is 0 Å². The van der Waals surface area contributed by atoms with Crippen LogP contribution in [0.15, 0.2) is 24.3 Å². The standard InChI is InChI=1S/C19H24O3/c1-18-10-5-11-19(2,17(20)22-4)16(18)9-7-13-6-8-14(21-3)12-15(13)18/h6-9,12,16H,5,10-11H2,1-4H3/t16-,18-,19+/m1/s1. The first-order chi connectivity index (χ1) is 10.5. The normalized spacial score (nSPS) is 32.8. The summed E-state index contributed by atoms with van der Waals surface area (Å²) in [7, 11) is 3.18. The highest BCUT2D eigenvalue weighted by atomic mass is 16.5. The van der Waals surface area contributed by atoms with Crippen LogP contribution in [0.1, 0.15) is 44.2 Å². The van der Waals surface area contributed by atoms with Crippen molar-refractivity contribution in [2.75, 3.05) is 14.2 Å². The Morgan fingerprint density at radius 3 is 2.68 bits per heavy atom. The van der Waals surface area contributed by atoms with Crippen molar-refractivity contribution in [2.45, 2.75) is 38.5 Å². The minimum Gasteiger partial charge on any atom is -0.497 e. The molecule has 1 fully saturated rings. The van der Waals surface area contributed by atoms with Gasteiger partial charge in [-0.15, -0.1) is 0 Å². The number of hydrogen-bond donors (Lipinski definition) is 0. The summed E-state index contributed by atoms with van der Waals surface area (Å²) in [6.45, 7) is 4.33. The molecule has 0 bridgehead atoms. The number of ether oxygens (including phenoxy) is 2. The lowest BCUT2D eigenvalue weighted by Crippen LogP contribution is -2.50. The second-order valence-corrected chi connectivity index (χ2v) is 6.97. The molecule has 0 aromatic heterocycles. The number of esters is 1. The second-order valence-electron chi connectivity index (χ2n) is 6.97. The first-order valence-corrected chi connectivity index (χ1v) is 7.91. The zero-order chi connectivity index (χ0) is 16.0. The Bertz CT molecular complexity index is 634. The zero-order valence-electron chi connectivity index (χ0n) is 13.8. The Labute approximate surface area is 132 Å². The zero-order valence-corrected chi connectivity index (χ0v) is 13.8. The van der Waals surface area contributed by atoms with Crippen LogP contribution in [0.25, 0.3) is 6.08 Å². The van der Waals surface area contributed by atoms with Gasteiger partial charge in [-0.1, -0.05) is 31.6 Å². The molecule has 3 nitrogen and oxygen atoms in total. The van der Waals surface area contributed by atoms with Gasteiger partial charge in [-0.2, -0.15) is 0 Å². The highest BCUT2D eigenvalue weighted by Gasteiger charge is 2.54. The Kier molecular flexibility index (Phi) is 3.54. The highest BCUT2D eigenvalue weighted by molar-refractivity contribution is 5.79. The van der Waals surface area contributed by atoms with E-state index in [-0.39, 0.29) is 17.3 Å². The summed E-state index contributed by atoms with van der Waals surface area (Å²) in [5.74, 6) is 0.930. The summed E-state index contributed by atoms with van der Waals surface area (Å²) < 4.78 is 10.5. The minimum atomic E-state index is -0.459. The third kappa shape index (κ3) is 1.98. The van der Waals surface area contributed by atoms with E-state index >= 15 is 0 Å². The quantitative estimate of drug-likeness (QED) is 0.776. The molecule has 3 heteroatoms. The molecule has 0 unspecified atom stereocenters. The molecule has 2 aliphatic carbocycles. The first-order valence-electron chi connectivity index (χ1n) is 7.91. The average Bonchev–Trinajstić information content (AvgIpc) is 2.53. The van der Waals surface area contributed by atoms with E-state index in [0.717, 1.165) is 25.0 Å². The summed E-state index contributed by atoms with van der Waals surface area (Å²) in [6, 6.07) is 6.24. The van der Waals surface area contributed by atoms with Gasteiger partial charge in [0.2, 0.25) is 0 Å². The fourth-order valence-electron chi connectivity index (χ4n) is 4.53. The number of methoxy groups -OCH3 is 2. The average molecular weight is 300 g/mol. The van der Waals surface area contributed by atoms with Gasteiger partial charge < -0.3 is 9.47 Å². The van der Waals surface area contributed by atoms with Crippen LogP contribution in [0.2, 0.25) is 0 Å². The van der Waals surface area contributed by atoms with Gasteiger partial charge in [0.25, 0.3) is 0 Å². The Balaban J connectivity index is 2.13. The molecule has 0 radical (unpaired) electrons. The summed E-state index contributed by atoms with van der Waals surface area (Å²) in [5.41, 5.74) is 2.00. The van der Waals surface area contributed by atoms with Crippen molar-refractivity contribution in [1.82, 2.24) is 0 Å². The van der Waals surface area contributed by atoms with Crippen molar-refractivity contribution in [1.29, 1.82) is 0 Å². The van der Waals surface area contributed by atoms with E-state index in [1.807, 2.05) is 6.07 Å². The number of carbonyl (C=O) groups is 1. The molecule has 3 atom stereocenters. The van der Waals surface area contributed by atoms with E-state index in [0.29, 0.717) is 0 Å². The maximum absolute atomic E-state index is 12.4. The van der Waals surface area contributed by atoms with E-state index in [9.17, 15) is 4.79 Å². The molecule has 1 saturated carbocycles. The highest BCUT2D eigenvalue weighted by Crippen LogP contribution is 2.56. The molecule has 0 amide bonds. The van der Waals surface area contributed by atoms with Crippen LogP contribution in [0.4, 0.5) is 0 Å². The molecular weight excluding hydrogens is 276 g/mol. The van der Waals surface area contributed by atoms with Gasteiger partial charge >= 0.3 is 5.97 Å². The number of fused-ring (bicyclic) bond motifs is 3. The SMILES string of the molecule is COC(=O)[C@@]1(C)CCC[C@]2(C)c3cc(OC)ccc3C=C[C@@H]12. The Hall–Kier alpha value is -1.77. The molecule has 0 N–H and O–H groups in total. The minimum absolute atomic E-state index is 0.0557. The maximum Gasteiger partial charge on any atom is 0.312 e. The Morgan fingerprint density at radius 2 is 2.00 bits per heavy atom. The smallest absolute Gasteiger partial charge is 0.312 e. The molecule has 0 heterocycles. The summed E-state index contributed by atoms with van der Waals surface area (Å²) in [6.07, 6.45) is 7.35. The van der Waals surface area contributed by atoms with Crippen LogP contribution in [0, 0.1) is 11.3 Å². The predicted octanol–water partition coefficient (Wildman–Crippen LogP) is 3.96. The van der Waals surface area contributed by atoms with Gasteiger partial charge in [0, 0.05) is 11.3 Å². The summed E-state index contributed by atoms with van der Waals surface area (Å²) >= 11 is 0. The van der Waals surface area contributed by atoms with Gasteiger partial charge in [-0.25, -0.2) is 0 Å². The lowest BCUT2D eigenvalue weighted by Gasteiger charge is -2.51. The van der Waals surface area contributed by atoms with Crippen molar-refractivity contribution in [3.05, 3.63) is 35.4 Å². The van der Waals surface area contributed by atoms with Gasteiger partial charge in [-0.3, -0.25) is 4.79 Å². The molecule has 0 spiro atoms. The van der Waals surface area contributed by atoms with Crippen molar-refractivity contribution >= 4 is 12.0 Å². The van der Waals surface area contributed by atoms with Crippen LogP contribution in [0.5, 0.6) is 5.75 Å². The van der Waals surface area contributed by atoms with Crippen molar-refractivity contribution in [2.24, 2.45) is 11.3 Å². The largest absolute Gasteiger partial charge is 0.497 e. The third-order valence-corrected chi connectivity index (χ3v) is 5.76. The molecule has 22 heavy (non-hydrogen) atoms. The van der Waals surface area contributed by atoms with Crippen molar-refractivity contribution in [3.63, 3.8) is 0 Å². The monoisotopic (exact) mass is 300 g/mol. The fourth-order valence-corrected chi connectivity index (χ4v) is 4.53. The van der Waals surface area contributed by atoms with Crippen molar-refractivity contribution < 1.29 is 14.3 Å². The van der Waals surface area contributed by atoms with Gasteiger partial charge in [0.05, 0.1) is 19.6 Å². The van der Waals surface area contributed by atoms with Crippen LogP contribution < -0.4 is 4.74 Å². The van der Waals surface area contributed by atoms with Crippen LogP contribution in [-0.2, 0) is 14.9 Å². The molecule has 3 rings (SSSR count). The Morgan fingerprint density at radius 1 is 1.23 bits per heavy atom. The van der Waals surface area contributed by atoms with E-state index in [4.69, 9.17) is 9.47 Å². The number of allylic oxidation sites excluding steroid dienone is 1. The lowest BCUT2D eigenvalue weighted by atomic mass is 9.51. The lowest BCUT2D eigenvalue weighted by molar-refractivity contribution is -0.158. The van der Waals surface area contributed by atoms with E-state index in [2.05, 4.69) is 38.1 Å². The molecule has 0 aliphatic heterocycles. The molecule has 1 aromatic carbocycles. The summed E-state index contributed by atoms with van der Waals surface area (Å²) in [4.78, 5) is 12.4. The van der Waals surface area contributed by atoms with Crippen LogP contribution in [0.3, 0.4) is 0 Å². The number of hydrogen-bond acceptors (Lipinski definition) is 3. The third-order valence-electron chi connectivity index (χ3n) is 5.76. The molecule has 0 saturated heterocycles. The van der Waals surface area contributed by atoms with E-state index in [1.165, 1.54) is 18.2 Å². The fraction of sp³-hybridized carbons (Fsp3) is 0.526. The van der Waals surface area contributed by atoms with Gasteiger partial charge in [-0.05, 0) is 43.0 Å². The topological polar surface area (TPSA) is 35.5 Å². The first kappa shape index (κ1) is 15.1. The number of rotatable bonds is 2.